The second kappa shape index (κ2) is 5.01. The largest absolute Gasteiger partial charge is 0.445 e. The number of nitrogens with two attached hydrogens (primary N) is 3. The predicted octanol–water partition coefficient (Wildman–Crippen LogP) is -1.24. The fraction of sp³-hybridized carbons (Fsp3) is 0.800. The van der Waals surface area contributed by atoms with Crippen molar-refractivity contribution < 1.29 is 9.53 Å². The molecule has 1 atom stereocenters. The maximum Gasteiger partial charge on any atom is 0.404 e. The van der Waals surface area contributed by atoms with Gasteiger partial charge < -0.3 is 21.9 Å². The van der Waals surface area contributed by atoms with Gasteiger partial charge in [0, 0.05) is 6.54 Å². The quantitative estimate of drug-likeness (QED) is 0.462. The molecule has 10 heavy (non-hydrogen) atoms. The molecule has 0 aliphatic carbocycles. The van der Waals surface area contributed by atoms with Crippen LogP contribution in [-0.2, 0) is 4.74 Å². The van der Waals surface area contributed by atoms with Crippen molar-refractivity contribution in [3.63, 3.8) is 0 Å². The zero-order chi connectivity index (χ0) is 7.98. The number of hydrogen-bond acceptors (Lipinski definition) is 4. The van der Waals surface area contributed by atoms with Crippen molar-refractivity contribution in [2.75, 3.05) is 13.1 Å². The fourth-order valence-electron chi connectivity index (χ4n) is 0.575. The molecule has 0 fully saturated rings. The van der Waals surface area contributed by atoms with E-state index in [1.54, 1.807) is 0 Å². The van der Waals surface area contributed by atoms with Crippen molar-refractivity contribution in [1.29, 1.82) is 0 Å². The Balaban J connectivity index is 3.49. The van der Waals surface area contributed by atoms with Crippen molar-refractivity contribution in [2.24, 2.45) is 17.2 Å². The van der Waals surface area contributed by atoms with E-state index in [-0.39, 0.29) is 12.6 Å². The summed E-state index contributed by atoms with van der Waals surface area (Å²) in [6.07, 6.45) is -0.578. The van der Waals surface area contributed by atoms with Crippen LogP contribution >= 0.6 is 0 Å². The molecule has 0 radical (unpaired) electrons. The summed E-state index contributed by atoms with van der Waals surface area (Å²) in [5.74, 6) is 0. The maximum atomic E-state index is 10.1. The Kier molecular flexibility index (Phi) is 4.61. The summed E-state index contributed by atoms with van der Waals surface area (Å²) < 4.78 is 4.57. The minimum atomic E-state index is -0.802. The molecule has 0 aliphatic rings. The first-order chi connectivity index (χ1) is 4.70. The highest BCUT2D eigenvalue weighted by atomic mass is 16.6. The van der Waals surface area contributed by atoms with E-state index in [9.17, 15) is 4.79 Å². The van der Waals surface area contributed by atoms with Gasteiger partial charge in [-0.2, -0.15) is 0 Å². The van der Waals surface area contributed by atoms with Crippen LogP contribution in [0.2, 0.25) is 0 Å². The molecule has 0 bridgehead atoms. The fourth-order valence-corrected chi connectivity index (χ4v) is 0.575. The van der Waals surface area contributed by atoms with Gasteiger partial charge in [-0.3, -0.25) is 0 Å². The van der Waals surface area contributed by atoms with E-state index in [0.29, 0.717) is 13.0 Å². The molecule has 0 saturated carbocycles. The van der Waals surface area contributed by atoms with Crippen molar-refractivity contribution in [3.05, 3.63) is 0 Å². The molecular formula is C5H13N3O2. The van der Waals surface area contributed by atoms with E-state index in [4.69, 9.17) is 17.2 Å². The lowest BCUT2D eigenvalue weighted by molar-refractivity contribution is 0.107. The minimum absolute atomic E-state index is 0.264. The molecular weight excluding hydrogens is 134 g/mol. The molecule has 0 heterocycles. The standard InChI is InChI=1S/C5H13N3O2/c6-2-1-4(3-7)10-5(8)9/h4H,1-3,6-7H2,(H2,8,9). The molecule has 60 valence electrons. The zero-order valence-electron chi connectivity index (χ0n) is 5.75. The third-order valence-electron chi connectivity index (χ3n) is 1.03. The van der Waals surface area contributed by atoms with Gasteiger partial charge in [-0.15, -0.1) is 0 Å². The van der Waals surface area contributed by atoms with Crippen LogP contribution in [0.4, 0.5) is 4.79 Å². The van der Waals surface area contributed by atoms with Gasteiger partial charge in [0.15, 0.2) is 0 Å². The average molecular weight is 147 g/mol. The van der Waals surface area contributed by atoms with Gasteiger partial charge in [-0.05, 0) is 13.0 Å². The van der Waals surface area contributed by atoms with Gasteiger partial charge in [-0.25, -0.2) is 4.79 Å². The van der Waals surface area contributed by atoms with Crippen molar-refractivity contribution in [1.82, 2.24) is 0 Å². The molecule has 0 spiro atoms. The first-order valence-electron chi connectivity index (χ1n) is 3.07. The van der Waals surface area contributed by atoms with E-state index in [1.165, 1.54) is 0 Å². The Hall–Kier alpha value is -0.810. The van der Waals surface area contributed by atoms with Crippen LogP contribution in [0.1, 0.15) is 6.42 Å². The van der Waals surface area contributed by atoms with E-state index in [0.717, 1.165) is 0 Å². The molecule has 1 amide bonds. The molecule has 0 rings (SSSR count). The van der Waals surface area contributed by atoms with E-state index in [2.05, 4.69) is 4.74 Å². The summed E-state index contributed by atoms with van der Waals surface area (Å²) in [6, 6.07) is 0. The monoisotopic (exact) mass is 147 g/mol. The maximum absolute atomic E-state index is 10.1. The van der Waals surface area contributed by atoms with Crippen molar-refractivity contribution >= 4 is 6.09 Å². The Labute approximate surface area is 59.5 Å². The molecule has 6 N–H and O–H groups in total. The van der Waals surface area contributed by atoms with E-state index < -0.39 is 6.09 Å². The van der Waals surface area contributed by atoms with Gasteiger partial charge in [0.2, 0.25) is 0 Å². The average Bonchev–Trinajstić information content (AvgIpc) is 1.86. The highest BCUT2D eigenvalue weighted by molar-refractivity contribution is 5.64. The van der Waals surface area contributed by atoms with E-state index in [1.807, 2.05) is 0 Å². The van der Waals surface area contributed by atoms with Crippen LogP contribution in [0.25, 0.3) is 0 Å². The summed E-state index contributed by atoms with van der Waals surface area (Å²) in [7, 11) is 0. The Morgan fingerprint density at radius 2 is 2.10 bits per heavy atom. The van der Waals surface area contributed by atoms with Crippen LogP contribution < -0.4 is 17.2 Å². The van der Waals surface area contributed by atoms with Crippen LogP contribution in [0.5, 0.6) is 0 Å². The molecule has 0 saturated heterocycles. The topological polar surface area (TPSA) is 104 Å². The summed E-state index contributed by atoms with van der Waals surface area (Å²) in [5.41, 5.74) is 15.2. The van der Waals surface area contributed by atoms with Gasteiger partial charge in [0.25, 0.3) is 0 Å². The molecule has 0 aromatic carbocycles. The number of carbonyl (C=O) groups excluding carboxylic acids is 1. The Morgan fingerprint density at radius 3 is 2.40 bits per heavy atom. The third kappa shape index (κ3) is 4.11. The number of amides is 1. The van der Waals surface area contributed by atoms with Gasteiger partial charge >= 0.3 is 6.09 Å². The van der Waals surface area contributed by atoms with Crippen LogP contribution in [0.15, 0.2) is 0 Å². The smallest absolute Gasteiger partial charge is 0.404 e. The zero-order valence-corrected chi connectivity index (χ0v) is 5.75. The second-order valence-electron chi connectivity index (χ2n) is 1.87. The molecule has 1 unspecified atom stereocenters. The molecule has 5 heteroatoms. The van der Waals surface area contributed by atoms with Gasteiger partial charge in [-0.1, -0.05) is 0 Å². The molecule has 0 aromatic heterocycles. The van der Waals surface area contributed by atoms with Gasteiger partial charge in [0.1, 0.15) is 6.10 Å². The summed E-state index contributed by atoms with van der Waals surface area (Å²) >= 11 is 0. The van der Waals surface area contributed by atoms with Crippen molar-refractivity contribution in [3.8, 4) is 0 Å². The van der Waals surface area contributed by atoms with Gasteiger partial charge in [0.05, 0.1) is 0 Å². The first kappa shape index (κ1) is 9.19. The molecule has 5 nitrogen and oxygen atoms in total. The summed E-state index contributed by atoms with van der Waals surface area (Å²) in [4.78, 5) is 10.1. The highest BCUT2D eigenvalue weighted by Crippen LogP contribution is 1.93. The number of rotatable bonds is 4. The number of hydrogen-bond donors (Lipinski definition) is 3. The minimum Gasteiger partial charge on any atom is -0.445 e. The number of primary amides is 1. The lowest BCUT2D eigenvalue weighted by Crippen LogP contribution is -2.31. The van der Waals surface area contributed by atoms with E-state index >= 15 is 0 Å². The normalized spacial score (nSPS) is 12.6. The third-order valence-corrected chi connectivity index (χ3v) is 1.03. The summed E-state index contributed by atoms with van der Waals surface area (Å²) in [5, 5.41) is 0. The number of ether oxygens (including phenoxy) is 1. The second-order valence-corrected chi connectivity index (χ2v) is 1.87. The Bertz CT molecular complexity index is 107. The number of carbonyl (C=O) groups is 1. The summed E-state index contributed by atoms with van der Waals surface area (Å²) in [6.45, 7) is 0.704. The first-order valence-corrected chi connectivity index (χ1v) is 3.07. The molecule has 0 aromatic rings. The Morgan fingerprint density at radius 1 is 1.50 bits per heavy atom. The van der Waals surface area contributed by atoms with Crippen LogP contribution in [0.3, 0.4) is 0 Å². The molecule has 0 aliphatic heterocycles. The lowest BCUT2D eigenvalue weighted by Gasteiger charge is -2.12. The highest BCUT2D eigenvalue weighted by Gasteiger charge is 2.07. The predicted molar refractivity (Wildman–Crippen MR) is 37.2 cm³/mol. The van der Waals surface area contributed by atoms with Crippen LogP contribution in [0, 0.1) is 0 Å². The SMILES string of the molecule is NCCC(CN)OC(N)=O. The lowest BCUT2D eigenvalue weighted by atomic mass is 10.2. The van der Waals surface area contributed by atoms with Crippen molar-refractivity contribution in [2.45, 2.75) is 12.5 Å². The van der Waals surface area contributed by atoms with Crippen LogP contribution in [-0.4, -0.2) is 25.3 Å².